The van der Waals surface area contributed by atoms with Crippen molar-refractivity contribution in [1.82, 2.24) is 15.5 Å². The molecule has 1 aromatic heterocycles. The molecule has 0 saturated carbocycles. The molecule has 2 rings (SSSR count). The lowest BCUT2D eigenvalue weighted by atomic mass is 10.2. The summed E-state index contributed by atoms with van der Waals surface area (Å²) in [7, 11) is 4.88. The molecule has 26 heavy (non-hydrogen) atoms. The molecule has 1 heterocycles. The number of rotatable bonds is 7. The Balaban J connectivity index is 2.06. The van der Waals surface area contributed by atoms with Crippen molar-refractivity contribution in [2.75, 3.05) is 27.7 Å². The largest absolute Gasteiger partial charge is 0.497 e. The summed E-state index contributed by atoms with van der Waals surface area (Å²) in [4.78, 5) is 18.9. The van der Waals surface area contributed by atoms with Crippen LogP contribution in [0.4, 0.5) is 4.39 Å². The van der Waals surface area contributed by atoms with Crippen molar-refractivity contribution in [1.29, 1.82) is 0 Å². The number of guanidine groups is 1. The minimum absolute atomic E-state index is 0.0666. The van der Waals surface area contributed by atoms with Crippen molar-refractivity contribution >= 4 is 23.2 Å². The maximum absolute atomic E-state index is 13.6. The van der Waals surface area contributed by atoms with Gasteiger partial charge < -0.3 is 20.3 Å². The summed E-state index contributed by atoms with van der Waals surface area (Å²) in [6.07, 6.45) is 0. The number of carbonyl (C=O) groups is 1. The second-order valence-electron chi connectivity index (χ2n) is 5.74. The van der Waals surface area contributed by atoms with Gasteiger partial charge in [-0.25, -0.2) is 9.38 Å². The fraction of sp³-hybridized carbons (Fsp3) is 0.333. The third kappa shape index (κ3) is 6.36. The normalized spacial score (nSPS) is 11.2. The number of aliphatic imine (C=N–C) groups is 1. The van der Waals surface area contributed by atoms with Gasteiger partial charge in [-0.05, 0) is 29.1 Å². The molecule has 0 bridgehead atoms. The first-order valence-electron chi connectivity index (χ1n) is 8.06. The van der Waals surface area contributed by atoms with Gasteiger partial charge in [-0.15, -0.1) is 11.3 Å². The Kier molecular flexibility index (Phi) is 7.40. The Morgan fingerprint density at radius 3 is 2.77 bits per heavy atom. The summed E-state index contributed by atoms with van der Waals surface area (Å²) in [5, 5.41) is 8.18. The first kappa shape index (κ1) is 19.7. The molecular weight excluding hydrogens is 355 g/mol. The number of thiophene rings is 1. The highest BCUT2D eigenvalue weighted by Crippen LogP contribution is 2.16. The number of methoxy groups -OCH3 is 1. The number of nitrogens with zero attached hydrogens (tertiary/aromatic N) is 2. The molecule has 0 spiro atoms. The summed E-state index contributed by atoms with van der Waals surface area (Å²) < 4.78 is 18.7. The number of halogens is 1. The Hall–Kier alpha value is -2.61. The number of benzene rings is 1. The van der Waals surface area contributed by atoms with Crippen LogP contribution in [0, 0.1) is 5.82 Å². The lowest BCUT2D eigenvalue weighted by Gasteiger charge is -2.14. The van der Waals surface area contributed by atoms with Crippen molar-refractivity contribution in [3.8, 4) is 5.75 Å². The Morgan fingerprint density at radius 2 is 2.12 bits per heavy atom. The smallest absolute Gasteiger partial charge is 0.241 e. The third-order valence-electron chi connectivity index (χ3n) is 3.50. The number of carbonyl (C=O) groups excluding carboxylic acids is 1. The van der Waals surface area contributed by atoms with Crippen molar-refractivity contribution < 1.29 is 13.9 Å². The lowest BCUT2D eigenvalue weighted by molar-refractivity contribution is -0.127. The molecule has 140 valence electrons. The van der Waals surface area contributed by atoms with Crippen molar-refractivity contribution in [3.63, 3.8) is 0 Å². The van der Waals surface area contributed by atoms with E-state index in [-0.39, 0.29) is 24.8 Å². The molecule has 0 aliphatic carbocycles. The standard InChI is InChI=1S/C18H23FN4O2S/c1-23(2)17(24)12-22-18(21-11-16-5-4-6-26-16)20-10-13-7-14(19)9-15(8-13)25-3/h4-9H,10-12H2,1-3H3,(H2,20,21,22). The van der Waals surface area contributed by atoms with Gasteiger partial charge in [-0.2, -0.15) is 0 Å². The monoisotopic (exact) mass is 378 g/mol. The molecule has 2 aromatic rings. The lowest BCUT2D eigenvalue weighted by Crippen LogP contribution is -2.42. The molecule has 0 fully saturated rings. The summed E-state index contributed by atoms with van der Waals surface area (Å²) in [5.41, 5.74) is 0.679. The molecule has 0 atom stereocenters. The van der Waals surface area contributed by atoms with Crippen LogP contribution in [-0.4, -0.2) is 44.5 Å². The Morgan fingerprint density at radius 1 is 1.31 bits per heavy atom. The maximum Gasteiger partial charge on any atom is 0.241 e. The number of ether oxygens (including phenoxy) is 1. The third-order valence-corrected chi connectivity index (χ3v) is 4.38. The predicted molar refractivity (Wildman–Crippen MR) is 102 cm³/mol. The molecule has 8 heteroatoms. The average Bonchev–Trinajstić information content (AvgIpc) is 3.13. The maximum atomic E-state index is 13.6. The molecule has 0 radical (unpaired) electrons. The average molecular weight is 378 g/mol. The van der Waals surface area contributed by atoms with Crippen LogP contribution in [-0.2, 0) is 17.9 Å². The summed E-state index contributed by atoms with van der Waals surface area (Å²) in [6.45, 7) is 0.964. The molecule has 1 aromatic carbocycles. The molecule has 2 N–H and O–H groups in total. The van der Waals surface area contributed by atoms with E-state index in [2.05, 4.69) is 15.6 Å². The van der Waals surface area contributed by atoms with E-state index < -0.39 is 0 Å². The van der Waals surface area contributed by atoms with Crippen LogP contribution < -0.4 is 15.4 Å². The topological polar surface area (TPSA) is 66.0 Å². The van der Waals surface area contributed by atoms with E-state index in [1.165, 1.54) is 24.1 Å². The number of hydrogen-bond acceptors (Lipinski definition) is 4. The first-order valence-corrected chi connectivity index (χ1v) is 8.94. The minimum atomic E-state index is -0.376. The van der Waals surface area contributed by atoms with Crippen LogP contribution in [0.25, 0.3) is 0 Å². The van der Waals surface area contributed by atoms with E-state index >= 15 is 0 Å². The van der Waals surface area contributed by atoms with Crippen LogP contribution in [0.5, 0.6) is 5.75 Å². The highest BCUT2D eigenvalue weighted by atomic mass is 32.1. The zero-order valence-electron chi connectivity index (χ0n) is 15.1. The molecule has 0 aliphatic rings. The predicted octanol–water partition coefficient (Wildman–Crippen LogP) is 2.22. The van der Waals surface area contributed by atoms with Gasteiger partial charge in [0.25, 0.3) is 0 Å². The zero-order chi connectivity index (χ0) is 18.9. The summed E-state index contributed by atoms with van der Waals surface area (Å²) in [5.74, 6) is 0.484. The molecule has 0 unspecified atom stereocenters. The van der Waals surface area contributed by atoms with Crippen LogP contribution in [0.2, 0.25) is 0 Å². The number of hydrogen-bond donors (Lipinski definition) is 2. The van der Waals surface area contributed by atoms with Crippen molar-refractivity contribution in [2.24, 2.45) is 4.99 Å². The molecule has 6 nitrogen and oxygen atoms in total. The number of amides is 1. The van der Waals surface area contributed by atoms with Gasteiger partial charge in [0.2, 0.25) is 5.91 Å². The highest BCUT2D eigenvalue weighted by Gasteiger charge is 2.07. The Labute approximate surface area is 156 Å². The van der Waals surface area contributed by atoms with Gasteiger partial charge in [0.05, 0.1) is 26.7 Å². The molecule has 1 amide bonds. The first-order chi connectivity index (χ1) is 12.5. The van der Waals surface area contributed by atoms with E-state index in [9.17, 15) is 9.18 Å². The Bertz CT molecular complexity index is 748. The van der Waals surface area contributed by atoms with Crippen LogP contribution in [0.15, 0.2) is 40.7 Å². The van der Waals surface area contributed by atoms with E-state index in [0.29, 0.717) is 23.8 Å². The molecule has 0 saturated heterocycles. The summed E-state index contributed by atoms with van der Waals surface area (Å²) in [6, 6.07) is 8.44. The van der Waals surface area contributed by atoms with E-state index in [4.69, 9.17) is 4.74 Å². The van der Waals surface area contributed by atoms with Crippen molar-refractivity contribution in [3.05, 3.63) is 52.0 Å². The fourth-order valence-electron chi connectivity index (χ4n) is 2.08. The van der Waals surface area contributed by atoms with Gasteiger partial charge in [-0.3, -0.25) is 4.79 Å². The molecular formula is C18H23FN4O2S. The van der Waals surface area contributed by atoms with Crippen LogP contribution in [0.1, 0.15) is 10.4 Å². The van der Waals surface area contributed by atoms with E-state index in [0.717, 1.165) is 4.88 Å². The van der Waals surface area contributed by atoms with Gasteiger partial charge in [0, 0.05) is 25.0 Å². The minimum Gasteiger partial charge on any atom is -0.497 e. The van der Waals surface area contributed by atoms with Gasteiger partial charge in [-0.1, -0.05) is 6.07 Å². The second kappa shape index (κ2) is 9.76. The van der Waals surface area contributed by atoms with Gasteiger partial charge >= 0.3 is 0 Å². The fourth-order valence-corrected chi connectivity index (χ4v) is 2.72. The zero-order valence-corrected chi connectivity index (χ0v) is 15.9. The van der Waals surface area contributed by atoms with Gasteiger partial charge in [0.15, 0.2) is 5.96 Å². The van der Waals surface area contributed by atoms with E-state index in [1.807, 2.05) is 17.5 Å². The summed E-state index contributed by atoms with van der Waals surface area (Å²) >= 11 is 1.63. The number of nitrogens with one attached hydrogen (secondary N) is 2. The highest BCUT2D eigenvalue weighted by molar-refractivity contribution is 7.09. The van der Waals surface area contributed by atoms with Crippen LogP contribution >= 0.6 is 11.3 Å². The second-order valence-corrected chi connectivity index (χ2v) is 6.77. The quantitative estimate of drug-likeness (QED) is 0.573. The number of likely N-dealkylation sites (N-methyl/N-ethyl adjacent to an activating group) is 1. The van der Waals surface area contributed by atoms with Gasteiger partial charge in [0.1, 0.15) is 11.6 Å². The SMILES string of the molecule is COc1cc(F)cc(CN=C(NCC(=O)N(C)C)NCc2cccs2)c1. The van der Waals surface area contributed by atoms with Crippen LogP contribution in [0.3, 0.4) is 0 Å². The van der Waals surface area contributed by atoms with E-state index in [1.54, 1.807) is 31.5 Å². The van der Waals surface area contributed by atoms with Crippen molar-refractivity contribution in [2.45, 2.75) is 13.1 Å². The molecule has 0 aliphatic heterocycles.